The summed E-state index contributed by atoms with van der Waals surface area (Å²) < 4.78 is 37.9. The third-order valence-electron chi connectivity index (χ3n) is 7.27. The maximum atomic E-state index is 12.5. The Hall–Kier alpha value is 0.850. The second kappa shape index (κ2) is 31.3. The van der Waals surface area contributed by atoms with Gasteiger partial charge in [-0.3, -0.25) is 9.35 Å². The average Bonchev–Trinajstić information content (AvgIpc) is 2.85. The smallest absolute Gasteiger partial charge is 0.550 e. The van der Waals surface area contributed by atoms with Gasteiger partial charge < -0.3 is 14.6 Å². The maximum absolute atomic E-state index is 12.5. The molecule has 0 bridgehead atoms. The molecule has 2 unspecified atom stereocenters. The van der Waals surface area contributed by atoms with Crippen LogP contribution in [0.1, 0.15) is 168 Å². The van der Waals surface area contributed by atoms with Gasteiger partial charge in [0, 0.05) is 12.4 Å². The summed E-state index contributed by atoms with van der Waals surface area (Å²) in [5.41, 5.74) is 0. The van der Waals surface area contributed by atoms with Gasteiger partial charge in [-0.05, 0) is 25.7 Å². The topological polar surface area (TPSA) is 121 Å². The van der Waals surface area contributed by atoms with Crippen LogP contribution in [0.15, 0.2) is 0 Å². The van der Waals surface area contributed by atoms with E-state index >= 15 is 0 Å². The Labute approximate surface area is 290 Å². The van der Waals surface area contributed by atoms with Crippen molar-refractivity contribution in [2.45, 2.75) is 179 Å². The molecule has 0 amide bonds. The van der Waals surface area contributed by atoms with Gasteiger partial charge in [-0.15, -0.1) is 0 Å². The zero-order valence-electron chi connectivity index (χ0n) is 26.4. The van der Waals surface area contributed by atoms with Crippen molar-refractivity contribution in [1.82, 2.24) is 0 Å². The number of rotatable bonds is 28. The largest absolute Gasteiger partial charge is 1.00 e. The predicted octanol–water partition coefficient (Wildman–Crippen LogP) is 1.31. The maximum Gasteiger partial charge on any atom is 1.00 e. The first-order valence-electron chi connectivity index (χ1n) is 15.6. The fraction of sp³-hybridized carbons (Fsp3) is 0.933. The van der Waals surface area contributed by atoms with Crippen molar-refractivity contribution < 1.29 is 91.5 Å². The van der Waals surface area contributed by atoms with Crippen molar-refractivity contribution in [2.75, 3.05) is 0 Å². The fourth-order valence-corrected chi connectivity index (χ4v) is 5.51. The number of aliphatic carboxylic acids is 1. The third kappa shape index (κ3) is 28.9. The molecule has 0 aliphatic carbocycles. The summed E-state index contributed by atoms with van der Waals surface area (Å²) in [7, 11) is -4.89. The van der Waals surface area contributed by atoms with Crippen molar-refractivity contribution in [3.8, 4) is 0 Å². The van der Waals surface area contributed by atoms with E-state index in [1.807, 2.05) is 0 Å². The fourth-order valence-electron chi connectivity index (χ4n) is 4.86. The van der Waals surface area contributed by atoms with Gasteiger partial charge in [-0.25, -0.2) is 0 Å². The van der Waals surface area contributed by atoms with Gasteiger partial charge in [0.2, 0.25) is 0 Å². The van der Waals surface area contributed by atoms with Gasteiger partial charge in [0.1, 0.15) is 6.10 Å². The molecule has 0 saturated carbocycles. The molecule has 10 heteroatoms. The van der Waals surface area contributed by atoms with Crippen LogP contribution in [0.25, 0.3) is 0 Å². The van der Waals surface area contributed by atoms with E-state index in [2.05, 4.69) is 13.8 Å². The normalized spacial score (nSPS) is 12.7. The van der Waals surface area contributed by atoms with Crippen LogP contribution in [-0.2, 0) is 24.4 Å². The van der Waals surface area contributed by atoms with Crippen LogP contribution in [0.4, 0.5) is 0 Å². The summed E-state index contributed by atoms with van der Waals surface area (Å²) in [5.74, 6) is -2.92. The summed E-state index contributed by atoms with van der Waals surface area (Å²) in [6.45, 7) is 4.44. The molecule has 40 heavy (non-hydrogen) atoms. The van der Waals surface area contributed by atoms with Crippen molar-refractivity contribution in [3.63, 3.8) is 0 Å². The first-order valence-corrected chi connectivity index (χ1v) is 17.1. The average molecular weight is 608 g/mol. The number of hydrogen-bond donors (Lipinski definition) is 1. The van der Waals surface area contributed by atoms with E-state index in [-0.39, 0.29) is 59.1 Å². The van der Waals surface area contributed by atoms with Crippen molar-refractivity contribution in [3.05, 3.63) is 0 Å². The molecule has 2 atom stereocenters. The van der Waals surface area contributed by atoms with Gasteiger partial charge in [0.25, 0.3) is 10.1 Å². The van der Waals surface area contributed by atoms with E-state index in [1.165, 1.54) is 96.3 Å². The van der Waals surface area contributed by atoms with Crippen LogP contribution < -0.4 is 64.2 Å². The van der Waals surface area contributed by atoms with Gasteiger partial charge >= 0.3 is 65.1 Å². The van der Waals surface area contributed by atoms with Crippen LogP contribution in [0.3, 0.4) is 0 Å². The summed E-state index contributed by atoms with van der Waals surface area (Å²) in [6, 6.07) is 0. The minimum Gasteiger partial charge on any atom is -0.550 e. The Morgan fingerprint density at radius 2 is 0.925 bits per heavy atom. The molecule has 7 nitrogen and oxygen atoms in total. The van der Waals surface area contributed by atoms with Crippen LogP contribution in [0, 0.1) is 0 Å². The summed E-state index contributed by atoms with van der Waals surface area (Å²) in [5, 5.41) is 8.77. The quantitative estimate of drug-likeness (QED) is 0.0617. The SMILES string of the molecule is CCCCCCCCCCCCCC(CCCCCCCCCCCC)OC(=O)C(CC(=O)[O-])S(=O)(=O)O.[Na+].[Na+]. The molecule has 1 N–H and O–H groups in total. The Kier molecular flexibility index (Phi) is 35.4. The monoisotopic (exact) mass is 607 g/mol. The molecule has 0 fully saturated rings. The van der Waals surface area contributed by atoms with Crippen LogP contribution in [0.2, 0.25) is 0 Å². The Bertz CT molecular complexity index is 690. The minimum absolute atomic E-state index is 0. The first kappa shape index (κ1) is 45.3. The molecule has 226 valence electrons. The molecule has 0 aliphatic heterocycles. The molecule has 0 aliphatic rings. The molecular weight excluding hydrogens is 550 g/mol. The van der Waals surface area contributed by atoms with E-state index in [4.69, 9.17) is 4.74 Å². The van der Waals surface area contributed by atoms with Crippen LogP contribution in [0.5, 0.6) is 0 Å². The predicted molar refractivity (Wildman–Crippen MR) is 152 cm³/mol. The molecule has 0 aromatic rings. The molecule has 0 spiro atoms. The Morgan fingerprint density at radius 3 is 1.20 bits per heavy atom. The van der Waals surface area contributed by atoms with Gasteiger partial charge in [0.05, 0.1) is 0 Å². The Morgan fingerprint density at radius 1 is 0.625 bits per heavy atom. The number of ether oxygens (including phenoxy) is 1. The zero-order valence-corrected chi connectivity index (χ0v) is 31.2. The number of unbranched alkanes of at least 4 members (excludes halogenated alkanes) is 19. The molecule has 0 aromatic heterocycles. The van der Waals surface area contributed by atoms with Crippen molar-refractivity contribution in [1.29, 1.82) is 0 Å². The first-order chi connectivity index (χ1) is 18.2. The molecule has 0 aromatic carbocycles. The van der Waals surface area contributed by atoms with Gasteiger partial charge in [-0.1, -0.05) is 136 Å². The van der Waals surface area contributed by atoms with Crippen molar-refractivity contribution in [2.24, 2.45) is 0 Å². The number of esters is 1. The van der Waals surface area contributed by atoms with Crippen LogP contribution >= 0.6 is 0 Å². The third-order valence-corrected chi connectivity index (χ3v) is 8.34. The number of carbonyl (C=O) groups excluding carboxylic acids is 2. The molecule has 0 rings (SSSR count). The minimum atomic E-state index is -4.89. The summed E-state index contributed by atoms with van der Waals surface area (Å²) in [6.07, 6.45) is 24.8. The van der Waals surface area contributed by atoms with E-state index in [1.54, 1.807) is 0 Å². The number of hydrogen-bond acceptors (Lipinski definition) is 6. The number of carbonyl (C=O) groups is 2. The van der Waals surface area contributed by atoms with Crippen molar-refractivity contribution >= 4 is 22.1 Å². The zero-order chi connectivity index (χ0) is 28.5. The number of carboxylic acid groups (broad SMARTS) is 1. The number of carboxylic acids is 1. The van der Waals surface area contributed by atoms with E-state index in [9.17, 15) is 27.7 Å². The second-order valence-corrected chi connectivity index (χ2v) is 12.5. The summed E-state index contributed by atoms with van der Waals surface area (Å²) >= 11 is 0. The van der Waals surface area contributed by atoms with E-state index in [0.717, 1.165) is 38.5 Å². The molecule has 0 heterocycles. The van der Waals surface area contributed by atoms with Gasteiger partial charge in [-0.2, -0.15) is 8.42 Å². The standard InChI is InChI=1S/C30H58O7S.2Na/c1-3-5-7-9-11-13-15-17-19-21-23-25-27(24-22-20-18-16-14-12-10-8-6-4-2)37-30(33)28(26-29(31)32)38(34,35)36;;/h27-28H,3-26H2,1-2H3,(H,31,32)(H,34,35,36);;/q;2*+1/p-1. The van der Waals surface area contributed by atoms with Gasteiger partial charge in [0.15, 0.2) is 5.25 Å². The molecular formula is C30H57Na2O7S+. The molecule has 0 radical (unpaired) electrons. The van der Waals surface area contributed by atoms with E-state index in [0.29, 0.717) is 12.8 Å². The summed E-state index contributed by atoms with van der Waals surface area (Å²) in [4.78, 5) is 23.4. The van der Waals surface area contributed by atoms with Crippen LogP contribution in [-0.4, -0.2) is 36.3 Å². The Balaban J connectivity index is -0.00000684. The van der Waals surface area contributed by atoms with E-state index < -0.39 is 39.8 Å². The molecule has 0 saturated heterocycles. The second-order valence-electron chi connectivity index (χ2n) is 10.9.